The zero-order chi connectivity index (χ0) is 17.9. The van der Waals surface area contributed by atoms with E-state index in [4.69, 9.17) is 4.42 Å². The number of fused-ring (bicyclic) bond motifs is 1. The Balaban J connectivity index is 1.45. The molecule has 2 aromatic carbocycles. The molecule has 1 aromatic heterocycles. The number of benzene rings is 2. The molecule has 26 heavy (non-hydrogen) atoms. The lowest BCUT2D eigenvalue weighted by atomic mass is 10.1. The van der Waals surface area contributed by atoms with Crippen molar-refractivity contribution in [1.82, 2.24) is 10.2 Å². The minimum atomic E-state index is -0.0336. The summed E-state index contributed by atoms with van der Waals surface area (Å²) in [6.45, 7) is 3.30. The molecule has 1 atom stereocenters. The van der Waals surface area contributed by atoms with Crippen LogP contribution in [0.25, 0.3) is 11.0 Å². The molecule has 3 aromatic rings. The van der Waals surface area contributed by atoms with E-state index in [1.54, 1.807) is 0 Å². The molecule has 1 N–H and O–H groups in total. The molecule has 1 heterocycles. The lowest BCUT2D eigenvalue weighted by molar-refractivity contribution is 0.174. The van der Waals surface area contributed by atoms with Gasteiger partial charge >= 0.3 is 6.03 Å². The number of carbonyl (C=O) groups is 1. The Morgan fingerprint density at radius 3 is 2.62 bits per heavy atom. The van der Waals surface area contributed by atoms with E-state index < -0.39 is 0 Å². The van der Waals surface area contributed by atoms with Crippen molar-refractivity contribution in [2.24, 2.45) is 5.92 Å². The predicted molar refractivity (Wildman–Crippen MR) is 103 cm³/mol. The SMILES string of the molecule is CC(c1ccccc1)N(CC1CC1)C(=O)NCc1cc2ccccc2o1. The third kappa shape index (κ3) is 3.74. The first kappa shape index (κ1) is 16.7. The highest BCUT2D eigenvalue weighted by molar-refractivity contribution is 5.78. The predicted octanol–water partition coefficient (Wildman–Crippen LogP) is 5.12. The van der Waals surface area contributed by atoms with Gasteiger partial charge in [0.05, 0.1) is 12.6 Å². The van der Waals surface area contributed by atoms with Crippen LogP contribution in [0.2, 0.25) is 0 Å². The van der Waals surface area contributed by atoms with E-state index in [-0.39, 0.29) is 12.1 Å². The second kappa shape index (κ2) is 7.24. The van der Waals surface area contributed by atoms with Gasteiger partial charge in [0, 0.05) is 11.9 Å². The fourth-order valence-electron chi connectivity index (χ4n) is 3.30. The summed E-state index contributed by atoms with van der Waals surface area (Å²) in [7, 11) is 0. The van der Waals surface area contributed by atoms with Crippen molar-refractivity contribution in [3.05, 3.63) is 72.0 Å². The molecule has 0 radical (unpaired) electrons. The highest BCUT2D eigenvalue weighted by atomic mass is 16.3. The first-order chi connectivity index (χ1) is 12.7. The first-order valence-electron chi connectivity index (χ1n) is 9.27. The lowest BCUT2D eigenvalue weighted by Gasteiger charge is -2.30. The number of hydrogen-bond donors (Lipinski definition) is 1. The highest BCUT2D eigenvalue weighted by Gasteiger charge is 2.30. The molecule has 134 valence electrons. The fraction of sp³-hybridized carbons (Fsp3) is 0.318. The van der Waals surface area contributed by atoms with Crippen LogP contribution in [0.5, 0.6) is 0 Å². The molecule has 1 aliphatic rings. The van der Waals surface area contributed by atoms with Gasteiger partial charge < -0.3 is 14.6 Å². The van der Waals surface area contributed by atoms with Gasteiger partial charge in [-0.05, 0) is 43.4 Å². The summed E-state index contributed by atoms with van der Waals surface area (Å²) in [5, 5.41) is 4.10. The summed E-state index contributed by atoms with van der Waals surface area (Å²) in [5.74, 6) is 1.41. The summed E-state index contributed by atoms with van der Waals surface area (Å²) in [6.07, 6.45) is 2.43. The molecular formula is C22H24N2O2. The molecule has 1 saturated carbocycles. The van der Waals surface area contributed by atoms with Gasteiger partial charge in [-0.2, -0.15) is 0 Å². The molecule has 1 aliphatic carbocycles. The van der Waals surface area contributed by atoms with Crippen LogP contribution in [-0.2, 0) is 6.54 Å². The van der Waals surface area contributed by atoms with Crippen molar-refractivity contribution in [3.63, 3.8) is 0 Å². The molecule has 2 amide bonds. The van der Waals surface area contributed by atoms with Crippen LogP contribution in [0.15, 0.2) is 65.1 Å². The number of furan rings is 1. The molecule has 0 bridgehead atoms. The Morgan fingerprint density at radius 2 is 1.88 bits per heavy atom. The van der Waals surface area contributed by atoms with E-state index in [0.717, 1.165) is 28.8 Å². The van der Waals surface area contributed by atoms with Crippen LogP contribution in [0, 0.1) is 5.92 Å². The minimum absolute atomic E-state index is 0.0336. The zero-order valence-electron chi connectivity index (χ0n) is 15.0. The zero-order valence-corrected chi connectivity index (χ0v) is 15.0. The lowest BCUT2D eigenvalue weighted by Crippen LogP contribution is -2.42. The van der Waals surface area contributed by atoms with E-state index in [0.29, 0.717) is 12.5 Å². The van der Waals surface area contributed by atoms with Crippen molar-refractivity contribution in [2.45, 2.75) is 32.4 Å². The smallest absolute Gasteiger partial charge is 0.318 e. The average Bonchev–Trinajstić information content (AvgIpc) is 3.40. The number of urea groups is 1. The third-order valence-corrected chi connectivity index (χ3v) is 5.05. The molecular weight excluding hydrogens is 324 g/mol. The normalized spacial score (nSPS) is 15.0. The number of amides is 2. The number of nitrogens with one attached hydrogen (secondary N) is 1. The van der Waals surface area contributed by atoms with Crippen LogP contribution < -0.4 is 5.32 Å². The molecule has 0 aliphatic heterocycles. The molecule has 0 spiro atoms. The van der Waals surface area contributed by atoms with Crippen molar-refractivity contribution in [3.8, 4) is 0 Å². The van der Waals surface area contributed by atoms with Crippen LogP contribution in [0.1, 0.15) is 37.1 Å². The van der Waals surface area contributed by atoms with Crippen LogP contribution in [0.3, 0.4) is 0 Å². The summed E-state index contributed by atoms with van der Waals surface area (Å²) < 4.78 is 5.80. The van der Waals surface area contributed by atoms with Gasteiger partial charge in [0.2, 0.25) is 0 Å². The van der Waals surface area contributed by atoms with Crippen LogP contribution in [0.4, 0.5) is 4.79 Å². The molecule has 4 nitrogen and oxygen atoms in total. The standard InChI is InChI=1S/C22H24N2O2/c1-16(18-7-3-2-4-8-18)24(15-17-11-12-17)22(25)23-14-20-13-19-9-5-6-10-21(19)26-20/h2-10,13,16-17H,11-12,14-15H2,1H3,(H,23,25). The fourth-order valence-corrected chi connectivity index (χ4v) is 3.30. The Morgan fingerprint density at radius 1 is 1.15 bits per heavy atom. The monoisotopic (exact) mass is 348 g/mol. The van der Waals surface area contributed by atoms with Crippen molar-refractivity contribution < 1.29 is 9.21 Å². The van der Waals surface area contributed by atoms with Gasteiger partial charge in [-0.3, -0.25) is 0 Å². The average molecular weight is 348 g/mol. The van der Waals surface area contributed by atoms with Gasteiger partial charge in [-0.15, -0.1) is 0 Å². The van der Waals surface area contributed by atoms with Crippen LogP contribution >= 0.6 is 0 Å². The summed E-state index contributed by atoms with van der Waals surface area (Å²) in [4.78, 5) is 14.8. The van der Waals surface area contributed by atoms with E-state index in [1.807, 2.05) is 53.4 Å². The maximum Gasteiger partial charge on any atom is 0.318 e. The Kier molecular flexibility index (Phi) is 4.65. The van der Waals surface area contributed by atoms with E-state index in [9.17, 15) is 4.79 Å². The Hall–Kier alpha value is -2.75. The largest absolute Gasteiger partial charge is 0.459 e. The number of nitrogens with zero attached hydrogens (tertiary/aromatic N) is 1. The van der Waals surface area contributed by atoms with E-state index >= 15 is 0 Å². The van der Waals surface area contributed by atoms with Gasteiger partial charge in [-0.1, -0.05) is 48.5 Å². The van der Waals surface area contributed by atoms with Crippen molar-refractivity contribution in [1.29, 1.82) is 0 Å². The third-order valence-electron chi connectivity index (χ3n) is 5.05. The quantitative estimate of drug-likeness (QED) is 0.672. The Bertz CT molecular complexity index is 850. The number of hydrogen-bond acceptors (Lipinski definition) is 2. The van der Waals surface area contributed by atoms with Crippen molar-refractivity contribution in [2.75, 3.05) is 6.54 Å². The highest BCUT2D eigenvalue weighted by Crippen LogP contribution is 2.33. The van der Waals surface area contributed by atoms with E-state index in [2.05, 4.69) is 24.4 Å². The maximum absolute atomic E-state index is 12.9. The number of para-hydroxylation sites is 1. The summed E-state index contributed by atoms with van der Waals surface area (Å²) in [6, 6.07) is 20.1. The van der Waals surface area contributed by atoms with Gasteiger partial charge in [-0.25, -0.2) is 4.79 Å². The first-order valence-corrected chi connectivity index (χ1v) is 9.27. The second-order valence-corrected chi connectivity index (χ2v) is 7.09. The maximum atomic E-state index is 12.9. The Labute approximate surface area is 153 Å². The van der Waals surface area contributed by atoms with Gasteiger partial charge in [0.1, 0.15) is 11.3 Å². The molecule has 4 heteroatoms. The summed E-state index contributed by atoms with van der Waals surface area (Å²) >= 11 is 0. The topological polar surface area (TPSA) is 45.5 Å². The van der Waals surface area contributed by atoms with Crippen LogP contribution in [-0.4, -0.2) is 17.5 Å². The van der Waals surface area contributed by atoms with E-state index in [1.165, 1.54) is 12.8 Å². The van der Waals surface area contributed by atoms with Gasteiger partial charge in [0.25, 0.3) is 0 Å². The van der Waals surface area contributed by atoms with Crippen molar-refractivity contribution >= 4 is 17.0 Å². The molecule has 4 rings (SSSR count). The second-order valence-electron chi connectivity index (χ2n) is 7.09. The molecule has 1 unspecified atom stereocenters. The number of rotatable bonds is 6. The molecule has 0 saturated heterocycles. The minimum Gasteiger partial charge on any atom is -0.459 e. The van der Waals surface area contributed by atoms with Gasteiger partial charge in [0.15, 0.2) is 0 Å². The number of carbonyl (C=O) groups excluding carboxylic acids is 1. The summed E-state index contributed by atoms with van der Waals surface area (Å²) in [5.41, 5.74) is 2.01. The molecule has 1 fully saturated rings.